The van der Waals surface area contributed by atoms with Crippen molar-refractivity contribution in [2.24, 2.45) is 11.8 Å². The summed E-state index contributed by atoms with van der Waals surface area (Å²) in [5.74, 6) is -2.32. The van der Waals surface area contributed by atoms with E-state index < -0.39 is 28.7 Å². The summed E-state index contributed by atoms with van der Waals surface area (Å²) in [6, 6.07) is 0. The third kappa shape index (κ3) is 3.81. The number of nitrogens with zero attached hydrogens (tertiary/aromatic N) is 4. The normalized spacial score (nSPS) is 21.5. The van der Waals surface area contributed by atoms with E-state index >= 15 is 0 Å². The van der Waals surface area contributed by atoms with Gasteiger partial charge in [-0.05, 0) is 36.3 Å². The van der Waals surface area contributed by atoms with Crippen LogP contribution in [0.25, 0.3) is 0 Å². The van der Waals surface area contributed by atoms with Gasteiger partial charge in [-0.2, -0.15) is 0 Å². The number of hydrogen-bond donors (Lipinski definition) is 0. The SMILES string of the molecule is COC(=O)C1=C(C)C=C(N2CCCC2)[C@H](C(=O)OC)[C@H]1Cn1c([N+](=O)[O-])cnc1C. The molecule has 0 spiro atoms. The van der Waals surface area contributed by atoms with E-state index in [1.165, 1.54) is 25.0 Å². The lowest BCUT2D eigenvalue weighted by Crippen LogP contribution is -2.41. The topological polar surface area (TPSA) is 117 Å². The molecular weight excluding hydrogens is 392 g/mol. The molecule has 2 atom stereocenters. The molecular formula is C20H26N4O6. The molecule has 0 aromatic carbocycles. The zero-order valence-electron chi connectivity index (χ0n) is 17.6. The van der Waals surface area contributed by atoms with E-state index in [2.05, 4.69) is 9.88 Å². The van der Waals surface area contributed by atoms with E-state index in [-0.39, 0.29) is 12.4 Å². The van der Waals surface area contributed by atoms with Gasteiger partial charge in [-0.1, -0.05) is 0 Å². The van der Waals surface area contributed by atoms with E-state index in [4.69, 9.17) is 9.47 Å². The van der Waals surface area contributed by atoms with Gasteiger partial charge in [0.05, 0.1) is 14.2 Å². The van der Waals surface area contributed by atoms with Crippen molar-refractivity contribution in [1.29, 1.82) is 0 Å². The van der Waals surface area contributed by atoms with Crippen molar-refractivity contribution in [3.05, 3.63) is 45.1 Å². The maximum atomic E-state index is 12.9. The number of ether oxygens (including phenoxy) is 2. The Labute approximate surface area is 174 Å². The van der Waals surface area contributed by atoms with Crippen molar-refractivity contribution in [2.45, 2.75) is 33.2 Å². The van der Waals surface area contributed by atoms with E-state index in [0.717, 1.165) is 31.6 Å². The molecule has 2 heterocycles. The Morgan fingerprint density at radius 2 is 1.90 bits per heavy atom. The Kier molecular flexibility index (Phi) is 6.23. The minimum absolute atomic E-state index is 0.0227. The number of rotatable bonds is 6. The molecule has 1 aromatic rings. The fourth-order valence-corrected chi connectivity index (χ4v) is 4.37. The van der Waals surface area contributed by atoms with Crippen molar-refractivity contribution in [3.63, 3.8) is 0 Å². The van der Waals surface area contributed by atoms with E-state index in [1.54, 1.807) is 13.8 Å². The lowest BCUT2D eigenvalue weighted by atomic mass is 9.76. The van der Waals surface area contributed by atoms with Crippen molar-refractivity contribution in [2.75, 3.05) is 27.3 Å². The molecule has 1 fully saturated rings. The predicted octanol–water partition coefficient (Wildman–Crippen LogP) is 1.99. The standard InChI is InChI=1S/C20H26N4O6/c1-12-9-15(22-7-5-6-8-22)18(20(26)30-4)14(17(12)19(25)29-3)11-23-13(2)21-10-16(23)24(27)28/h9-10,14,18H,5-8,11H2,1-4H3/t14-,18+/m0/s1. The number of aryl methyl sites for hydroxylation is 1. The molecule has 162 valence electrons. The molecule has 1 saturated heterocycles. The molecule has 1 aromatic heterocycles. The Morgan fingerprint density at radius 1 is 1.23 bits per heavy atom. The molecule has 1 aliphatic carbocycles. The number of carbonyl (C=O) groups excluding carboxylic acids is 2. The number of likely N-dealkylation sites (tertiary alicyclic amines) is 1. The Bertz CT molecular complexity index is 926. The van der Waals surface area contributed by atoms with Gasteiger partial charge < -0.3 is 24.5 Å². The smallest absolute Gasteiger partial charge is 0.342 e. The molecule has 3 rings (SSSR count). The van der Waals surface area contributed by atoms with Crippen molar-refractivity contribution < 1.29 is 24.0 Å². The maximum absolute atomic E-state index is 12.9. The number of imidazole rings is 1. The summed E-state index contributed by atoms with van der Waals surface area (Å²) in [7, 11) is 2.58. The van der Waals surface area contributed by atoms with Gasteiger partial charge in [-0.3, -0.25) is 4.79 Å². The third-order valence-corrected chi connectivity index (χ3v) is 5.81. The molecule has 0 saturated carbocycles. The number of esters is 2. The van der Waals surface area contributed by atoms with Gasteiger partial charge in [0.25, 0.3) is 0 Å². The predicted molar refractivity (Wildman–Crippen MR) is 106 cm³/mol. The summed E-state index contributed by atoms with van der Waals surface area (Å²) in [4.78, 5) is 42.7. The summed E-state index contributed by atoms with van der Waals surface area (Å²) >= 11 is 0. The van der Waals surface area contributed by atoms with E-state index in [9.17, 15) is 19.7 Å². The first kappa shape index (κ1) is 21.5. The van der Waals surface area contributed by atoms with Crippen LogP contribution in [0.4, 0.5) is 5.82 Å². The number of methoxy groups -OCH3 is 2. The summed E-state index contributed by atoms with van der Waals surface area (Å²) in [5, 5.41) is 11.5. The summed E-state index contributed by atoms with van der Waals surface area (Å²) < 4.78 is 11.5. The van der Waals surface area contributed by atoms with Crippen LogP contribution in [0.5, 0.6) is 0 Å². The summed E-state index contributed by atoms with van der Waals surface area (Å²) in [6.07, 6.45) is 5.03. The quantitative estimate of drug-likeness (QED) is 0.391. The Balaban J connectivity index is 2.15. The zero-order chi connectivity index (χ0) is 22.0. The van der Waals surface area contributed by atoms with Gasteiger partial charge >= 0.3 is 17.8 Å². The van der Waals surface area contributed by atoms with Crippen LogP contribution < -0.4 is 0 Å². The highest BCUT2D eigenvalue weighted by Crippen LogP contribution is 2.40. The monoisotopic (exact) mass is 418 g/mol. The van der Waals surface area contributed by atoms with Crippen molar-refractivity contribution >= 4 is 17.8 Å². The highest BCUT2D eigenvalue weighted by Gasteiger charge is 2.45. The van der Waals surface area contributed by atoms with Crippen LogP contribution >= 0.6 is 0 Å². The molecule has 2 aliphatic rings. The lowest BCUT2D eigenvalue weighted by Gasteiger charge is -2.36. The largest absolute Gasteiger partial charge is 0.468 e. The number of allylic oxidation sites excluding steroid dienone is 2. The first-order valence-corrected chi connectivity index (χ1v) is 9.80. The maximum Gasteiger partial charge on any atom is 0.342 e. The fraction of sp³-hybridized carbons (Fsp3) is 0.550. The summed E-state index contributed by atoms with van der Waals surface area (Å²) in [5.41, 5.74) is 1.77. The van der Waals surface area contributed by atoms with Gasteiger partial charge in [-0.25, -0.2) is 14.3 Å². The average Bonchev–Trinajstić information content (AvgIpc) is 3.37. The van der Waals surface area contributed by atoms with Gasteiger partial charge in [0.15, 0.2) is 5.82 Å². The molecule has 10 nitrogen and oxygen atoms in total. The molecule has 0 unspecified atom stereocenters. The van der Waals surface area contributed by atoms with Crippen molar-refractivity contribution in [1.82, 2.24) is 14.5 Å². The van der Waals surface area contributed by atoms with Gasteiger partial charge in [-0.15, -0.1) is 0 Å². The Morgan fingerprint density at radius 3 is 2.47 bits per heavy atom. The molecule has 0 amide bonds. The fourth-order valence-electron chi connectivity index (χ4n) is 4.37. The molecule has 1 aliphatic heterocycles. The first-order chi connectivity index (χ1) is 14.3. The first-order valence-electron chi connectivity index (χ1n) is 9.80. The average molecular weight is 418 g/mol. The second-order valence-electron chi connectivity index (χ2n) is 7.49. The second-order valence-corrected chi connectivity index (χ2v) is 7.49. The highest BCUT2D eigenvalue weighted by atomic mass is 16.6. The second kappa shape index (κ2) is 8.68. The van der Waals surface area contributed by atoms with Crippen LogP contribution in [0.15, 0.2) is 29.1 Å². The van der Waals surface area contributed by atoms with Crippen LogP contribution in [0.1, 0.15) is 25.6 Å². The van der Waals surface area contributed by atoms with Crippen molar-refractivity contribution in [3.8, 4) is 0 Å². The van der Waals surface area contributed by atoms with Crippen LogP contribution in [-0.4, -0.2) is 58.6 Å². The molecule has 0 bridgehead atoms. The highest BCUT2D eigenvalue weighted by molar-refractivity contribution is 5.93. The molecule has 10 heteroatoms. The molecule has 30 heavy (non-hydrogen) atoms. The number of carbonyl (C=O) groups is 2. The lowest BCUT2D eigenvalue weighted by molar-refractivity contribution is -0.392. The van der Waals surface area contributed by atoms with Crippen LogP contribution in [0.3, 0.4) is 0 Å². The van der Waals surface area contributed by atoms with E-state index in [1.807, 2.05) is 6.08 Å². The van der Waals surface area contributed by atoms with Crippen LogP contribution in [-0.2, 0) is 25.6 Å². The zero-order valence-corrected chi connectivity index (χ0v) is 17.6. The Hall–Kier alpha value is -3.17. The minimum Gasteiger partial charge on any atom is -0.468 e. The van der Waals surface area contributed by atoms with E-state index in [0.29, 0.717) is 17.0 Å². The molecule has 0 radical (unpaired) electrons. The number of hydrogen-bond acceptors (Lipinski definition) is 8. The number of aromatic nitrogens is 2. The number of nitro groups is 1. The third-order valence-electron chi connectivity index (χ3n) is 5.81. The van der Waals surface area contributed by atoms with Gasteiger partial charge in [0.2, 0.25) is 0 Å². The minimum atomic E-state index is -0.785. The van der Waals surface area contributed by atoms with Gasteiger partial charge in [0.1, 0.15) is 18.7 Å². The van der Waals surface area contributed by atoms with Gasteiger partial charge in [0, 0.05) is 37.2 Å². The van der Waals surface area contributed by atoms with Crippen LogP contribution in [0.2, 0.25) is 0 Å². The summed E-state index contributed by atoms with van der Waals surface area (Å²) in [6.45, 7) is 5.07. The van der Waals surface area contributed by atoms with Crippen LogP contribution in [0, 0.1) is 28.9 Å². The molecule has 0 N–H and O–H groups in total.